The van der Waals surface area contributed by atoms with Gasteiger partial charge in [-0.2, -0.15) is 0 Å². The molecule has 0 saturated carbocycles. The number of carbonyl (C=O) groups is 1. The van der Waals surface area contributed by atoms with Crippen LogP contribution < -0.4 is 9.62 Å². The number of halogens is 1. The van der Waals surface area contributed by atoms with Gasteiger partial charge in [0.15, 0.2) is 0 Å². The van der Waals surface area contributed by atoms with Crippen LogP contribution in [-0.4, -0.2) is 20.9 Å². The van der Waals surface area contributed by atoms with Gasteiger partial charge in [-0.15, -0.1) is 0 Å². The maximum Gasteiger partial charge on any atom is 0.264 e. The molecule has 7 heteroatoms. The van der Waals surface area contributed by atoms with Crippen LogP contribution in [0.25, 0.3) is 0 Å². The largest absolute Gasteiger partial charge is 0.324 e. The highest BCUT2D eigenvalue weighted by atomic mass is 32.2. The smallest absolute Gasteiger partial charge is 0.264 e. The first-order valence-corrected chi connectivity index (χ1v) is 11.4. The molecule has 162 valence electrons. The first-order valence-electron chi connectivity index (χ1n) is 9.92. The Morgan fingerprint density at radius 3 is 2.19 bits per heavy atom. The molecule has 0 fully saturated rings. The van der Waals surface area contributed by atoms with Gasteiger partial charge in [-0.25, -0.2) is 12.8 Å². The standard InChI is InChI=1S/C24H25FN2O3S/c1-17(2)22-6-4-5-7-23(22)26-24(28)16-27(20-12-10-19(25)11-13-20)31(29,30)21-14-8-18(3)9-15-21/h4-15,17H,16H2,1-3H3,(H,26,28). The number of benzene rings is 3. The van der Waals surface area contributed by atoms with Crippen molar-refractivity contribution in [3.05, 3.63) is 89.7 Å². The Kier molecular flexibility index (Phi) is 6.75. The van der Waals surface area contributed by atoms with Crippen LogP contribution in [0.2, 0.25) is 0 Å². The second-order valence-corrected chi connectivity index (χ2v) is 9.45. The second-order valence-electron chi connectivity index (χ2n) is 7.59. The quantitative estimate of drug-likeness (QED) is 0.556. The van der Waals surface area contributed by atoms with Crippen molar-refractivity contribution < 1.29 is 17.6 Å². The van der Waals surface area contributed by atoms with E-state index in [1.807, 2.05) is 39.0 Å². The molecule has 3 aromatic carbocycles. The van der Waals surface area contributed by atoms with E-state index in [1.54, 1.807) is 18.2 Å². The van der Waals surface area contributed by atoms with Crippen molar-refractivity contribution in [3.63, 3.8) is 0 Å². The van der Waals surface area contributed by atoms with Gasteiger partial charge in [-0.1, -0.05) is 49.7 Å². The molecule has 1 N–H and O–H groups in total. The molecule has 0 aliphatic carbocycles. The number of sulfonamides is 1. The van der Waals surface area contributed by atoms with Crippen molar-refractivity contribution >= 4 is 27.3 Å². The Labute approximate surface area is 182 Å². The summed E-state index contributed by atoms with van der Waals surface area (Å²) in [7, 11) is -4.05. The molecule has 0 atom stereocenters. The highest BCUT2D eigenvalue weighted by molar-refractivity contribution is 7.92. The number of hydrogen-bond donors (Lipinski definition) is 1. The lowest BCUT2D eigenvalue weighted by atomic mass is 10.0. The van der Waals surface area contributed by atoms with Gasteiger partial charge < -0.3 is 5.32 Å². The Morgan fingerprint density at radius 2 is 1.58 bits per heavy atom. The van der Waals surface area contributed by atoms with E-state index in [-0.39, 0.29) is 16.5 Å². The Balaban J connectivity index is 1.95. The number of anilines is 2. The average molecular weight is 441 g/mol. The maximum atomic E-state index is 13.4. The zero-order valence-electron chi connectivity index (χ0n) is 17.7. The van der Waals surface area contributed by atoms with E-state index < -0.39 is 28.3 Å². The molecule has 0 aliphatic heterocycles. The fraction of sp³-hybridized carbons (Fsp3) is 0.208. The van der Waals surface area contributed by atoms with E-state index in [4.69, 9.17) is 0 Å². The molecule has 0 radical (unpaired) electrons. The predicted octanol–water partition coefficient (Wildman–Crippen LogP) is 5.09. The highest BCUT2D eigenvalue weighted by Crippen LogP contribution is 2.26. The lowest BCUT2D eigenvalue weighted by Crippen LogP contribution is -2.38. The number of carbonyl (C=O) groups excluding carboxylic acids is 1. The number of hydrogen-bond acceptors (Lipinski definition) is 3. The minimum absolute atomic E-state index is 0.0535. The third kappa shape index (κ3) is 5.30. The molecular weight excluding hydrogens is 415 g/mol. The second kappa shape index (κ2) is 9.31. The highest BCUT2D eigenvalue weighted by Gasteiger charge is 2.27. The van der Waals surface area contributed by atoms with Crippen LogP contribution in [-0.2, 0) is 14.8 Å². The molecule has 0 saturated heterocycles. The summed E-state index contributed by atoms with van der Waals surface area (Å²) in [6.07, 6.45) is 0. The summed E-state index contributed by atoms with van der Waals surface area (Å²) in [5.74, 6) is -0.805. The molecule has 1 amide bonds. The van der Waals surface area contributed by atoms with E-state index in [2.05, 4.69) is 5.32 Å². The predicted molar refractivity (Wildman–Crippen MR) is 121 cm³/mol. The molecular formula is C24H25FN2O3S. The third-order valence-corrected chi connectivity index (χ3v) is 6.66. The van der Waals surface area contributed by atoms with Gasteiger partial charge in [-0.05, 0) is 60.9 Å². The zero-order valence-corrected chi connectivity index (χ0v) is 18.5. The van der Waals surface area contributed by atoms with E-state index >= 15 is 0 Å². The van der Waals surface area contributed by atoms with Gasteiger partial charge in [0, 0.05) is 5.69 Å². The van der Waals surface area contributed by atoms with Crippen molar-refractivity contribution in [1.29, 1.82) is 0 Å². The Morgan fingerprint density at radius 1 is 0.968 bits per heavy atom. The molecule has 0 unspecified atom stereocenters. The number of rotatable bonds is 7. The first-order chi connectivity index (χ1) is 14.7. The van der Waals surface area contributed by atoms with Crippen LogP contribution in [0.3, 0.4) is 0 Å². The molecule has 0 bridgehead atoms. The van der Waals surface area contributed by atoms with Gasteiger partial charge in [0.1, 0.15) is 12.4 Å². The zero-order chi connectivity index (χ0) is 22.6. The molecule has 0 heterocycles. The Hall–Kier alpha value is -3.19. The first kappa shape index (κ1) is 22.5. The fourth-order valence-electron chi connectivity index (χ4n) is 3.19. The fourth-order valence-corrected chi connectivity index (χ4v) is 4.62. The van der Waals surface area contributed by atoms with Crippen LogP contribution >= 0.6 is 0 Å². The maximum absolute atomic E-state index is 13.4. The van der Waals surface area contributed by atoms with Crippen LogP contribution in [0.5, 0.6) is 0 Å². The lowest BCUT2D eigenvalue weighted by molar-refractivity contribution is -0.114. The van der Waals surface area contributed by atoms with Crippen LogP contribution in [0, 0.1) is 12.7 Å². The molecule has 31 heavy (non-hydrogen) atoms. The van der Waals surface area contributed by atoms with E-state index in [0.717, 1.165) is 15.4 Å². The summed E-state index contributed by atoms with van der Waals surface area (Å²) < 4.78 is 41.1. The van der Waals surface area contributed by atoms with Gasteiger partial charge >= 0.3 is 0 Å². The molecule has 0 spiro atoms. The summed E-state index contributed by atoms with van der Waals surface area (Å²) in [4.78, 5) is 12.9. The van der Waals surface area contributed by atoms with Gasteiger partial charge in [0.05, 0.1) is 10.6 Å². The topological polar surface area (TPSA) is 66.5 Å². The lowest BCUT2D eigenvalue weighted by Gasteiger charge is -2.24. The van der Waals surface area contributed by atoms with Gasteiger partial charge in [0.25, 0.3) is 10.0 Å². The minimum Gasteiger partial charge on any atom is -0.324 e. The van der Waals surface area contributed by atoms with Crippen molar-refractivity contribution in [2.45, 2.75) is 31.6 Å². The summed E-state index contributed by atoms with van der Waals surface area (Å²) >= 11 is 0. The number of nitrogens with zero attached hydrogens (tertiary/aromatic N) is 1. The number of aryl methyl sites for hydroxylation is 1. The van der Waals surface area contributed by atoms with Crippen LogP contribution in [0.15, 0.2) is 77.7 Å². The summed E-state index contributed by atoms with van der Waals surface area (Å²) in [6.45, 7) is 5.43. The average Bonchev–Trinajstić information content (AvgIpc) is 2.73. The van der Waals surface area contributed by atoms with Crippen molar-refractivity contribution in [2.24, 2.45) is 0 Å². The SMILES string of the molecule is Cc1ccc(S(=O)(=O)N(CC(=O)Nc2ccccc2C(C)C)c2ccc(F)cc2)cc1. The van der Waals surface area contributed by atoms with Gasteiger partial charge in [0.2, 0.25) is 5.91 Å². The molecule has 3 rings (SSSR count). The third-order valence-electron chi connectivity index (χ3n) is 4.87. The molecule has 0 aromatic heterocycles. The number of amides is 1. The molecule has 5 nitrogen and oxygen atoms in total. The molecule has 0 aliphatic rings. The summed E-state index contributed by atoms with van der Waals surface area (Å²) in [6, 6.07) is 18.8. The Bertz CT molecular complexity index is 1160. The molecule has 3 aromatic rings. The van der Waals surface area contributed by atoms with Crippen LogP contribution in [0.1, 0.15) is 30.9 Å². The van der Waals surface area contributed by atoms with E-state index in [9.17, 15) is 17.6 Å². The summed E-state index contributed by atoms with van der Waals surface area (Å²) in [5, 5.41) is 2.82. The number of nitrogens with one attached hydrogen (secondary N) is 1. The van der Waals surface area contributed by atoms with E-state index in [0.29, 0.717) is 5.69 Å². The number of para-hydroxylation sites is 1. The van der Waals surface area contributed by atoms with Crippen LogP contribution in [0.4, 0.5) is 15.8 Å². The normalized spacial score (nSPS) is 11.4. The van der Waals surface area contributed by atoms with Crippen molar-refractivity contribution in [1.82, 2.24) is 0 Å². The van der Waals surface area contributed by atoms with Gasteiger partial charge in [-0.3, -0.25) is 9.10 Å². The van der Waals surface area contributed by atoms with E-state index in [1.165, 1.54) is 36.4 Å². The minimum atomic E-state index is -4.05. The summed E-state index contributed by atoms with van der Waals surface area (Å²) in [5.41, 5.74) is 2.70. The van der Waals surface area contributed by atoms with Crippen molar-refractivity contribution in [3.8, 4) is 0 Å². The van der Waals surface area contributed by atoms with Crippen molar-refractivity contribution in [2.75, 3.05) is 16.2 Å². The monoisotopic (exact) mass is 440 g/mol.